The molecule has 0 saturated carbocycles. The van der Waals surface area contributed by atoms with E-state index in [2.05, 4.69) is 20.5 Å². The van der Waals surface area contributed by atoms with Gasteiger partial charge in [0.25, 0.3) is 0 Å². The van der Waals surface area contributed by atoms with Crippen LogP contribution in [0.5, 0.6) is 0 Å². The zero-order valence-corrected chi connectivity index (χ0v) is 22.8. The second kappa shape index (κ2) is 14.5. The Bertz CT molecular complexity index is 1170. The van der Waals surface area contributed by atoms with E-state index in [9.17, 15) is 22.4 Å². The molecule has 1 aliphatic rings. The molecule has 1 fully saturated rings. The third kappa shape index (κ3) is 8.74. The van der Waals surface area contributed by atoms with E-state index in [1.807, 2.05) is 11.9 Å². The molecule has 3 aromatic rings. The monoisotopic (exact) mass is 598 g/mol. The van der Waals surface area contributed by atoms with Gasteiger partial charge >= 0.3 is 12.2 Å². The van der Waals surface area contributed by atoms with Crippen LogP contribution in [0.2, 0.25) is 0 Å². The number of aromatic nitrogens is 2. The van der Waals surface area contributed by atoms with Gasteiger partial charge in [0.2, 0.25) is 0 Å². The van der Waals surface area contributed by atoms with E-state index in [4.69, 9.17) is 0 Å². The van der Waals surface area contributed by atoms with Gasteiger partial charge in [0.05, 0.1) is 17.6 Å². The lowest BCUT2D eigenvalue weighted by Gasteiger charge is -2.33. The lowest BCUT2D eigenvalue weighted by atomic mass is 10.0. The zero-order valence-electron chi connectivity index (χ0n) is 20.4. The standard InChI is InChI=1S/C24H26F4N6O.3ClH/c1-32-8-10-33(11-9-32)15-18-3-4-19(13-20(18)24(26,27)28)31-23(35)30-14-17-2-5-22(21(25)12-17)34-7-6-29-16-34;;;/h2-7,12-13,16H,8-11,14-15H2,1H3,(H2,30,31,35);3*1H. The summed E-state index contributed by atoms with van der Waals surface area (Å²) in [5.74, 6) is -0.492. The van der Waals surface area contributed by atoms with Crippen molar-refractivity contribution >= 4 is 48.9 Å². The number of anilines is 1. The maximum Gasteiger partial charge on any atom is 0.416 e. The number of piperazine rings is 1. The Hall–Kier alpha value is -2.57. The summed E-state index contributed by atoms with van der Waals surface area (Å²) >= 11 is 0. The number of amides is 2. The van der Waals surface area contributed by atoms with Gasteiger partial charge in [-0.3, -0.25) is 4.90 Å². The van der Waals surface area contributed by atoms with Crippen molar-refractivity contribution in [2.24, 2.45) is 0 Å². The summed E-state index contributed by atoms with van der Waals surface area (Å²) in [5, 5.41) is 4.97. The van der Waals surface area contributed by atoms with Crippen LogP contribution in [0.4, 0.5) is 28.0 Å². The summed E-state index contributed by atoms with van der Waals surface area (Å²) in [7, 11) is 1.98. The van der Waals surface area contributed by atoms with E-state index in [0.29, 0.717) is 24.3 Å². The van der Waals surface area contributed by atoms with E-state index in [-0.39, 0.29) is 61.6 Å². The summed E-state index contributed by atoms with van der Waals surface area (Å²) in [6, 6.07) is 7.61. The molecule has 2 N–H and O–H groups in total. The van der Waals surface area contributed by atoms with Crippen molar-refractivity contribution in [3.63, 3.8) is 0 Å². The van der Waals surface area contributed by atoms with Crippen molar-refractivity contribution in [2.75, 3.05) is 38.5 Å². The highest BCUT2D eigenvalue weighted by atomic mass is 35.5. The average Bonchev–Trinajstić information content (AvgIpc) is 3.34. The van der Waals surface area contributed by atoms with Crippen molar-refractivity contribution in [1.82, 2.24) is 24.7 Å². The smallest absolute Gasteiger partial charge is 0.334 e. The molecule has 0 unspecified atom stereocenters. The van der Waals surface area contributed by atoms with Crippen molar-refractivity contribution in [1.29, 1.82) is 0 Å². The van der Waals surface area contributed by atoms with Gasteiger partial charge in [-0.15, -0.1) is 37.2 Å². The normalized spacial score (nSPS) is 14.0. The topological polar surface area (TPSA) is 65.4 Å². The van der Waals surface area contributed by atoms with Gasteiger partial charge in [-0.05, 0) is 42.4 Å². The van der Waals surface area contributed by atoms with Crippen LogP contribution in [0.15, 0.2) is 55.1 Å². The van der Waals surface area contributed by atoms with E-state index in [1.54, 1.807) is 18.3 Å². The van der Waals surface area contributed by atoms with Crippen LogP contribution in [-0.4, -0.2) is 58.6 Å². The van der Waals surface area contributed by atoms with Crippen molar-refractivity contribution in [3.05, 3.63) is 77.6 Å². The fourth-order valence-electron chi connectivity index (χ4n) is 3.93. The molecule has 4 rings (SSSR count). The highest BCUT2D eigenvalue weighted by Gasteiger charge is 2.34. The van der Waals surface area contributed by atoms with Gasteiger partial charge < -0.3 is 20.1 Å². The minimum atomic E-state index is -4.55. The van der Waals surface area contributed by atoms with Gasteiger partial charge in [-0.25, -0.2) is 14.2 Å². The number of alkyl halides is 3. The molecule has 7 nitrogen and oxygen atoms in total. The first-order valence-corrected chi connectivity index (χ1v) is 11.1. The molecule has 0 bridgehead atoms. The van der Waals surface area contributed by atoms with E-state index >= 15 is 0 Å². The largest absolute Gasteiger partial charge is 0.416 e. The zero-order chi connectivity index (χ0) is 25.0. The van der Waals surface area contributed by atoms with Crippen LogP contribution in [0.1, 0.15) is 16.7 Å². The summed E-state index contributed by atoms with van der Waals surface area (Å²) in [4.78, 5) is 20.3. The van der Waals surface area contributed by atoms with Crippen LogP contribution < -0.4 is 10.6 Å². The second-order valence-electron chi connectivity index (χ2n) is 8.51. The minimum absolute atomic E-state index is 0. The third-order valence-electron chi connectivity index (χ3n) is 5.91. The fraction of sp³-hybridized carbons (Fsp3) is 0.333. The van der Waals surface area contributed by atoms with Gasteiger partial charge in [0.15, 0.2) is 0 Å². The Balaban J connectivity index is 0.00000241. The molecule has 1 aliphatic heterocycles. The molecule has 210 valence electrons. The first kappa shape index (κ1) is 33.5. The Morgan fingerprint density at radius 3 is 2.34 bits per heavy atom. The van der Waals surface area contributed by atoms with Gasteiger partial charge in [0, 0.05) is 57.3 Å². The summed E-state index contributed by atoms with van der Waals surface area (Å²) in [6.45, 7) is 3.19. The van der Waals surface area contributed by atoms with Gasteiger partial charge in [0.1, 0.15) is 5.82 Å². The SMILES string of the molecule is CN1CCN(Cc2ccc(NC(=O)NCc3ccc(-n4ccnc4)c(F)c3)cc2C(F)(F)F)CC1.Cl.Cl.Cl. The Morgan fingerprint density at radius 1 is 1.03 bits per heavy atom. The summed E-state index contributed by atoms with van der Waals surface area (Å²) in [5.41, 5.74) is 0.235. The number of likely N-dealkylation sites (N-methyl/N-ethyl adjacent to an activating group) is 1. The molecule has 0 spiro atoms. The lowest BCUT2D eigenvalue weighted by Crippen LogP contribution is -2.44. The number of halogens is 7. The molecule has 2 aromatic carbocycles. The molecule has 0 aliphatic carbocycles. The summed E-state index contributed by atoms with van der Waals surface area (Å²) in [6.07, 6.45) is 0.0534. The molecule has 1 aromatic heterocycles. The summed E-state index contributed by atoms with van der Waals surface area (Å²) < 4.78 is 57.1. The number of nitrogens with zero attached hydrogens (tertiary/aromatic N) is 4. The van der Waals surface area contributed by atoms with Crippen LogP contribution >= 0.6 is 37.2 Å². The predicted octanol–water partition coefficient (Wildman–Crippen LogP) is 5.36. The number of carbonyl (C=O) groups excluding carboxylic acids is 1. The van der Waals surface area contributed by atoms with Crippen LogP contribution in [0.25, 0.3) is 5.69 Å². The number of urea groups is 1. The van der Waals surface area contributed by atoms with Gasteiger partial charge in [-0.2, -0.15) is 13.2 Å². The number of rotatable bonds is 6. The van der Waals surface area contributed by atoms with Crippen molar-refractivity contribution < 1.29 is 22.4 Å². The minimum Gasteiger partial charge on any atom is -0.334 e. The second-order valence-corrected chi connectivity index (χ2v) is 8.51. The van der Waals surface area contributed by atoms with Gasteiger partial charge in [-0.1, -0.05) is 12.1 Å². The molecular weight excluding hydrogens is 571 g/mol. The van der Waals surface area contributed by atoms with Crippen LogP contribution in [-0.2, 0) is 19.3 Å². The maximum absolute atomic E-state index is 14.4. The molecule has 0 radical (unpaired) electrons. The van der Waals surface area contributed by atoms with Crippen molar-refractivity contribution in [3.8, 4) is 5.69 Å². The third-order valence-corrected chi connectivity index (χ3v) is 5.91. The fourth-order valence-corrected chi connectivity index (χ4v) is 3.93. The van der Waals surface area contributed by atoms with Crippen LogP contribution in [0.3, 0.4) is 0 Å². The van der Waals surface area contributed by atoms with E-state index < -0.39 is 23.6 Å². The number of imidazole rings is 1. The number of hydrogen-bond donors (Lipinski definition) is 2. The number of benzene rings is 2. The van der Waals surface area contributed by atoms with E-state index in [1.165, 1.54) is 35.3 Å². The Labute approximate surface area is 236 Å². The lowest BCUT2D eigenvalue weighted by molar-refractivity contribution is -0.138. The van der Waals surface area contributed by atoms with E-state index in [0.717, 1.165) is 19.2 Å². The Morgan fingerprint density at radius 2 is 1.74 bits per heavy atom. The Kier molecular flexibility index (Phi) is 12.8. The molecule has 38 heavy (non-hydrogen) atoms. The maximum atomic E-state index is 14.4. The number of hydrogen-bond acceptors (Lipinski definition) is 4. The molecule has 14 heteroatoms. The quantitative estimate of drug-likeness (QED) is 0.375. The number of carbonyl (C=O) groups is 1. The van der Waals surface area contributed by atoms with Crippen LogP contribution in [0, 0.1) is 5.82 Å². The predicted molar refractivity (Wildman–Crippen MR) is 145 cm³/mol. The molecular formula is C24H29Cl3F4N6O. The average molecular weight is 600 g/mol. The molecule has 2 heterocycles. The highest BCUT2D eigenvalue weighted by molar-refractivity contribution is 5.89. The van der Waals surface area contributed by atoms with Crippen molar-refractivity contribution in [2.45, 2.75) is 19.3 Å². The first-order chi connectivity index (χ1) is 16.7. The molecule has 0 atom stereocenters. The first-order valence-electron chi connectivity index (χ1n) is 11.1. The molecule has 1 saturated heterocycles. The highest BCUT2D eigenvalue weighted by Crippen LogP contribution is 2.34. The molecule has 2 amide bonds. The number of nitrogens with one attached hydrogen (secondary N) is 2.